The molecule has 5 rings (SSSR count). The van der Waals surface area contributed by atoms with Crippen LogP contribution >= 0.6 is 34.5 Å². The zero-order chi connectivity index (χ0) is 30.1. The van der Waals surface area contributed by atoms with Crippen LogP contribution in [0.5, 0.6) is 5.75 Å². The molecule has 1 atom stereocenters. The first kappa shape index (κ1) is 29.9. The highest BCUT2D eigenvalue weighted by Gasteiger charge is 2.35. The number of rotatable bonds is 8. The summed E-state index contributed by atoms with van der Waals surface area (Å²) in [7, 11) is 1.58. The summed E-state index contributed by atoms with van der Waals surface area (Å²) >= 11 is 13.8. The summed E-state index contributed by atoms with van der Waals surface area (Å²) in [6.07, 6.45) is 3.22. The fourth-order valence-electron chi connectivity index (χ4n) is 5.40. The number of thiazole rings is 1. The summed E-state index contributed by atoms with van der Waals surface area (Å²) < 4.78 is 15.3. The van der Waals surface area contributed by atoms with Gasteiger partial charge in [0.1, 0.15) is 11.8 Å². The zero-order valence-corrected chi connectivity index (χ0v) is 26.4. The van der Waals surface area contributed by atoms with Crippen LogP contribution in [0.3, 0.4) is 0 Å². The van der Waals surface area contributed by atoms with Crippen LogP contribution in [0.1, 0.15) is 55.2 Å². The minimum absolute atomic E-state index is 0.208. The van der Waals surface area contributed by atoms with Crippen molar-refractivity contribution in [1.29, 1.82) is 0 Å². The molecule has 0 amide bonds. The second-order valence-corrected chi connectivity index (χ2v) is 11.7. The van der Waals surface area contributed by atoms with Crippen molar-refractivity contribution >= 4 is 46.6 Å². The summed E-state index contributed by atoms with van der Waals surface area (Å²) in [6.45, 7) is 7.99. The van der Waals surface area contributed by atoms with Crippen LogP contribution in [-0.2, 0) is 9.53 Å². The number of para-hydroxylation sites is 1. The number of aromatic nitrogens is 2. The van der Waals surface area contributed by atoms with Crippen LogP contribution < -0.4 is 19.6 Å². The molecule has 10 heteroatoms. The first-order chi connectivity index (χ1) is 20.2. The fraction of sp³-hybridized carbons (Fsp3) is 0.281. The number of benzene rings is 2. The minimum Gasteiger partial charge on any atom is -0.496 e. The van der Waals surface area contributed by atoms with Crippen LogP contribution in [0.15, 0.2) is 69.6 Å². The van der Waals surface area contributed by atoms with Gasteiger partial charge in [-0.2, -0.15) is 0 Å². The molecule has 0 unspecified atom stereocenters. The molecule has 0 saturated heterocycles. The van der Waals surface area contributed by atoms with Crippen molar-refractivity contribution in [3.8, 4) is 11.4 Å². The van der Waals surface area contributed by atoms with E-state index in [1.165, 1.54) is 11.3 Å². The molecule has 7 nitrogen and oxygen atoms in total. The highest BCUT2D eigenvalue weighted by atomic mass is 35.5. The van der Waals surface area contributed by atoms with Gasteiger partial charge in [-0.1, -0.05) is 66.1 Å². The molecule has 1 aliphatic rings. The highest BCUT2D eigenvalue weighted by molar-refractivity contribution is 7.07. The molecule has 0 fully saturated rings. The molecular formula is C32H31Cl2N3O4S. The number of allylic oxidation sites excluding steroid dienone is 1. The summed E-state index contributed by atoms with van der Waals surface area (Å²) in [5.41, 5.74) is 5.11. The van der Waals surface area contributed by atoms with E-state index in [-0.39, 0.29) is 12.2 Å². The van der Waals surface area contributed by atoms with Crippen molar-refractivity contribution in [3.05, 3.63) is 112 Å². The van der Waals surface area contributed by atoms with Gasteiger partial charge in [-0.3, -0.25) is 9.36 Å². The van der Waals surface area contributed by atoms with Gasteiger partial charge in [-0.25, -0.2) is 9.79 Å². The minimum atomic E-state index is -0.746. The lowest BCUT2D eigenvalue weighted by atomic mass is 9.93. The molecule has 0 spiro atoms. The Kier molecular flexibility index (Phi) is 8.78. The first-order valence-corrected chi connectivity index (χ1v) is 15.3. The van der Waals surface area contributed by atoms with E-state index in [0.717, 1.165) is 29.1 Å². The highest BCUT2D eigenvalue weighted by Crippen LogP contribution is 2.37. The van der Waals surface area contributed by atoms with Gasteiger partial charge in [0.15, 0.2) is 4.80 Å². The lowest BCUT2D eigenvalue weighted by Gasteiger charge is -2.26. The number of aryl methyl sites for hydroxylation is 1. The SMILES string of the molecule is CCCC1=C(C(=O)OCC)[C@H](c2ccccc2OC)n2c(s/c(=C\c3cc(C)n(-c4ccc(Cl)c(Cl)c4)c3C)c2=O)=N1. The largest absolute Gasteiger partial charge is 0.496 e. The van der Waals surface area contributed by atoms with Gasteiger partial charge in [0.25, 0.3) is 5.56 Å². The molecule has 0 aliphatic carbocycles. The average Bonchev–Trinajstić information content (AvgIpc) is 3.43. The number of fused-ring (bicyclic) bond motifs is 1. The van der Waals surface area contributed by atoms with Gasteiger partial charge in [-0.15, -0.1) is 0 Å². The number of esters is 1. The van der Waals surface area contributed by atoms with Crippen molar-refractivity contribution in [3.63, 3.8) is 0 Å². The number of carbonyl (C=O) groups excluding carboxylic acids is 1. The monoisotopic (exact) mass is 623 g/mol. The maximum atomic E-state index is 14.2. The lowest BCUT2D eigenvalue weighted by Crippen LogP contribution is -2.40. The Hall–Kier alpha value is -3.59. The molecule has 0 radical (unpaired) electrons. The van der Waals surface area contributed by atoms with E-state index in [1.807, 2.05) is 69.3 Å². The topological polar surface area (TPSA) is 74.8 Å². The first-order valence-electron chi connectivity index (χ1n) is 13.7. The molecule has 0 N–H and O–H groups in total. The van der Waals surface area contributed by atoms with Crippen LogP contribution in [0.2, 0.25) is 10.0 Å². The quantitative estimate of drug-likeness (QED) is 0.216. The van der Waals surface area contributed by atoms with Gasteiger partial charge in [0.2, 0.25) is 0 Å². The Balaban J connectivity index is 1.74. The molecule has 2 aromatic heterocycles. The van der Waals surface area contributed by atoms with E-state index < -0.39 is 12.0 Å². The van der Waals surface area contributed by atoms with Crippen molar-refractivity contribution < 1.29 is 14.3 Å². The maximum absolute atomic E-state index is 14.2. The predicted octanol–water partition coefficient (Wildman–Crippen LogP) is 6.30. The third kappa shape index (κ3) is 5.35. The molecular weight excluding hydrogens is 593 g/mol. The molecule has 4 aromatic rings. The fourth-order valence-corrected chi connectivity index (χ4v) is 6.71. The summed E-state index contributed by atoms with van der Waals surface area (Å²) in [4.78, 5) is 33.0. The standard InChI is InChI=1S/C32H31Cl2N3O4S/c1-6-10-25-28(31(39)41-7-2)29(22-11-8-9-12-26(22)40-5)37-30(38)27(42-32(37)35-25)16-20-15-18(3)36(19(20)4)21-13-14-23(33)24(34)17-21/h8-9,11-17,29H,6-7,10H2,1-5H3/b27-16-/t29-/m0/s1. The average molecular weight is 625 g/mol. The number of halogens is 2. The van der Waals surface area contributed by atoms with Gasteiger partial charge in [0, 0.05) is 22.6 Å². The van der Waals surface area contributed by atoms with E-state index in [4.69, 9.17) is 37.7 Å². The molecule has 42 heavy (non-hydrogen) atoms. The molecule has 0 saturated carbocycles. The molecule has 218 valence electrons. The normalized spacial score (nSPS) is 15.0. The van der Waals surface area contributed by atoms with E-state index >= 15 is 0 Å². The van der Waals surface area contributed by atoms with E-state index in [9.17, 15) is 9.59 Å². The summed E-state index contributed by atoms with van der Waals surface area (Å²) in [5.74, 6) is 0.0851. The van der Waals surface area contributed by atoms with Crippen molar-refractivity contribution in [2.24, 2.45) is 4.99 Å². The maximum Gasteiger partial charge on any atom is 0.338 e. The van der Waals surface area contributed by atoms with E-state index in [1.54, 1.807) is 24.7 Å². The summed E-state index contributed by atoms with van der Waals surface area (Å²) in [5, 5.41) is 0.951. The van der Waals surface area contributed by atoms with Gasteiger partial charge < -0.3 is 14.0 Å². The third-order valence-electron chi connectivity index (χ3n) is 7.24. The van der Waals surface area contributed by atoms with Crippen molar-refractivity contribution in [2.45, 2.75) is 46.6 Å². The predicted molar refractivity (Wildman–Crippen MR) is 168 cm³/mol. The number of hydrogen-bond acceptors (Lipinski definition) is 6. The van der Waals surface area contributed by atoms with Crippen molar-refractivity contribution in [1.82, 2.24) is 9.13 Å². The number of methoxy groups -OCH3 is 1. The lowest BCUT2D eigenvalue weighted by molar-refractivity contribution is -0.139. The Morgan fingerprint density at radius 1 is 1.10 bits per heavy atom. The number of hydrogen-bond donors (Lipinski definition) is 0. The molecule has 3 heterocycles. The number of carbonyl (C=O) groups is 1. The Morgan fingerprint density at radius 3 is 2.55 bits per heavy atom. The van der Waals surface area contributed by atoms with Gasteiger partial charge in [0.05, 0.1) is 39.6 Å². The van der Waals surface area contributed by atoms with E-state index in [2.05, 4.69) is 4.57 Å². The Labute approximate surface area is 258 Å². The van der Waals surface area contributed by atoms with Gasteiger partial charge >= 0.3 is 5.97 Å². The number of nitrogens with zero attached hydrogens (tertiary/aromatic N) is 3. The second-order valence-electron chi connectivity index (χ2n) is 9.92. The molecule has 0 bridgehead atoms. The van der Waals surface area contributed by atoms with E-state index in [0.29, 0.717) is 48.4 Å². The third-order valence-corrected chi connectivity index (χ3v) is 8.97. The van der Waals surface area contributed by atoms with Crippen LogP contribution in [0.25, 0.3) is 11.8 Å². The smallest absolute Gasteiger partial charge is 0.338 e. The van der Waals surface area contributed by atoms with Crippen LogP contribution in [0, 0.1) is 13.8 Å². The molecule has 1 aliphatic heterocycles. The molecule has 2 aromatic carbocycles. The summed E-state index contributed by atoms with van der Waals surface area (Å²) in [6, 6.07) is 14.2. The Morgan fingerprint density at radius 2 is 1.86 bits per heavy atom. The van der Waals surface area contributed by atoms with Crippen molar-refractivity contribution in [2.75, 3.05) is 13.7 Å². The Bertz CT molecular complexity index is 1900. The van der Waals surface area contributed by atoms with Crippen LogP contribution in [-0.4, -0.2) is 28.8 Å². The van der Waals surface area contributed by atoms with Crippen LogP contribution in [0.4, 0.5) is 0 Å². The zero-order valence-electron chi connectivity index (χ0n) is 24.0. The second kappa shape index (κ2) is 12.3. The number of ether oxygens (including phenoxy) is 2. The van der Waals surface area contributed by atoms with Gasteiger partial charge in [-0.05, 0) is 69.2 Å².